The van der Waals surface area contributed by atoms with Gasteiger partial charge in [-0.25, -0.2) is 9.78 Å². The number of aromatic nitrogens is 1. The first-order valence-electron chi connectivity index (χ1n) is 6.20. The molecule has 0 radical (unpaired) electrons. The second-order valence-corrected chi connectivity index (χ2v) is 4.29. The number of hydrogen-bond donors (Lipinski definition) is 2. The van der Waals surface area contributed by atoms with Crippen molar-refractivity contribution in [2.24, 2.45) is 0 Å². The molecule has 0 fully saturated rings. The van der Waals surface area contributed by atoms with Crippen molar-refractivity contribution in [3.05, 3.63) is 53.7 Å². The van der Waals surface area contributed by atoms with Gasteiger partial charge in [0.25, 0.3) is 0 Å². The van der Waals surface area contributed by atoms with Crippen LogP contribution in [0.4, 0.5) is 11.5 Å². The van der Waals surface area contributed by atoms with Gasteiger partial charge in [-0.15, -0.1) is 0 Å². The van der Waals surface area contributed by atoms with Crippen molar-refractivity contribution < 1.29 is 9.53 Å². The number of nitriles is 1. The Bertz CT molecular complexity index is 680. The summed E-state index contributed by atoms with van der Waals surface area (Å²) in [6.45, 7) is 0. The van der Waals surface area contributed by atoms with Gasteiger partial charge in [-0.2, -0.15) is 5.26 Å². The minimum Gasteiger partial charge on any atom is -0.467 e. The van der Waals surface area contributed by atoms with Crippen LogP contribution in [0.2, 0.25) is 0 Å². The molecule has 0 aliphatic heterocycles. The van der Waals surface area contributed by atoms with Gasteiger partial charge in [0.1, 0.15) is 11.9 Å². The van der Waals surface area contributed by atoms with Gasteiger partial charge in [-0.05, 0) is 11.6 Å². The Balaban J connectivity index is 2.37. The minimum atomic E-state index is -0.751. The second kappa shape index (κ2) is 6.39. The van der Waals surface area contributed by atoms with Gasteiger partial charge < -0.3 is 15.8 Å². The summed E-state index contributed by atoms with van der Waals surface area (Å²) in [6.07, 6.45) is 1.42. The first-order chi connectivity index (χ1) is 10.2. The number of nitrogens with zero attached hydrogens (tertiary/aromatic N) is 2. The Labute approximate surface area is 122 Å². The van der Waals surface area contributed by atoms with Crippen molar-refractivity contribution in [2.75, 3.05) is 18.2 Å². The van der Waals surface area contributed by atoms with Gasteiger partial charge in [0.15, 0.2) is 6.04 Å². The standard InChI is InChI=1S/C15H14N4O2/c1-21-15(20)13(10-5-3-2-4-6-10)19-14-11(8-16)7-12(17)9-18-14/h2-7,9,13H,17H2,1H3,(H,18,19). The molecule has 1 heterocycles. The van der Waals surface area contributed by atoms with Crippen LogP contribution in [0.5, 0.6) is 0 Å². The molecule has 2 aromatic rings. The maximum absolute atomic E-state index is 12.0. The lowest BCUT2D eigenvalue weighted by Gasteiger charge is -2.18. The van der Waals surface area contributed by atoms with E-state index in [-0.39, 0.29) is 11.4 Å². The Morgan fingerprint density at radius 1 is 1.43 bits per heavy atom. The predicted molar refractivity (Wildman–Crippen MR) is 78.2 cm³/mol. The maximum Gasteiger partial charge on any atom is 0.333 e. The van der Waals surface area contributed by atoms with Gasteiger partial charge in [-0.3, -0.25) is 0 Å². The number of nitrogens with two attached hydrogens (primary N) is 1. The van der Waals surface area contributed by atoms with E-state index >= 15 is 0 Å². The van der Waals surface area contributed by atoms with Crippen molar-refractivity contribution in [1.82, 2.24) is 4.98 Å². The number of pyridine rings is 1. The lowest BCUT2D eigenvalue weighted by atomic mass is 10.1. The van der Waals surface area contributed by atoms with Gasteiger partial charge >= 0.3 is 5.97 Å². The molecule has 0 spiro atoms. The molecule has 1 aromatic heterocycles. The Morgan fingerprint density at radius 3 is 2.76 bits per heavy atom. The van der Waals surface area contributed by atoms with Crippen LogP contribution in [-0.4, -0.2) is 18.1 Å². The molecule has 0 aliphatic carbocycles. The number of nitrogen functional groups attached to an aromatic ring is 1. The number of anilines is 2. The Kier molecular flexibility index (Phi) is 4.36. The molecule has 6 heteroatoms. The van der Waals surface area contributed by atoms with Crippen LogP contribution in [0.1, 0.15) is 17.2 Å². The Hall–Kier alpha value is -3.07. The first-order valence-corrected chi connectivity index (χ1v) is 6.20. The monoisotopic (exact) mass is 282 g/mol. The van der Waals surface area contributed by atoms with Crippen LogP contribution >= 0.6 is 0 Å². The summed E-state index contributed by atoms with van der Waals surface area (Å²) in [5, 5.41) is 12.0. The summed E-state index contributed by atoms with van der Waals surface area (Å²) >= 11 is 0. The zero-order valence-electron chi connectivity index (χ0n) is 11.4. The number of ether oxygens (including phenoxy) is 1. The van der Waals surface area contributed by atoms with Crippen LogP contribution in [0.25, 0.3) is 0 Å². The van der Waals surface area contributed by atoms with Crippen LogP contribution in [0, 0.1) is 11.3 Å². The second-order valence-electron chi connectivity index (χ2n) is 4.29. The highest BCUT2D eigenvalue weighted by Crippen LogP contribution is 2.22. The highest BCUT2D eigenvalue weighted by Gasteiger charge is 2.22. The summed E-state index contributed by atoms with van der Waals surface area (Å²) < 4.78 is 4.80. The summed E-state index contributed by atoms with van der Waals surface area (Å²) in [6, 6.07) is 11.8. The highest BCUT2D eigenvalue weighted by atomic mass is 16.5. The molecule has 0 aliphatic rings. The fourth-order valence-electron chi connectivity index (χ4n) is 1.86. The lowest BCUT2D eigenvalue weighted by Crippen LogP contribution is -2.23. The normalized spacial score (nSPS) is 11.2. The zero-order chi connectivity index (χ0) is 15.2. The smallest absolute Gasteiger partial charge is 0.333 e. The molecule has 1 unspecified atom stereocenters. The number of carbonyl (C=O) groups is 1. The van der Waals surface area contributed by atoms with Gasteiger partial charge in [0, 0.05) is 0 Å². The molecule has 106 valence electrons. The van der Waals surface area contributed by atoms with Gasteiger partial charge in [0.2, 0.25) is 0 Å². The number of benzene rings is 1. The molecule has 6 nitrogen and oxygen atoms in total. The predicted octanol–water partition coefficient (Wildman–Crippen LogP) is 1.86. The molecule has 21 heavy (non-hydrogen) atoms. The molecule has 1 aromatic carbocycles. The maximum atomic E-state index is 12.0. The topological polar surface area (TPSA) is 101 Å². The van der Waals surface area contributed by atoms with Gasteiger partial charge in [0.05, 0.1) is 24.6 Å². The first kappa shape index (κ1) is 14.3. The lowest BCUT2D eigenvalue weighted by molar-refractivity contribution is -0.141. The third kappa shape index (κ3) is 3.28. The number of nitrogens with one attached hydrogen (secondary N) is 1. The van der Waals surface area contributed by atoms with Crippen LogP contribution in [-0.2, 0) is 9.53 Å². The zero-order valence-corrected chi connectivity index (χ0v) is 11.4. The van der Waals surface area contributed by atoms with Crippen molar-refractivity contribution >= 4 is 17.5 Å². The van der Waals surface area contributed by atoms with E-state index in [1.54, 1.807) is 12.1 Å². The number of methoxy groups -OCH3 is 1. The summed E-state index contributed by atoms with van der Waals surface area (Å²) in [7, 11) is 1.31. The van der Waals surface area contributed by atoms with E-state index in [0.29, 0.717) is 11.3 Å². The average molecular weight is 282 g/mol. The molecule has 1 atom stereocenters. The van der Waals surface area contributed by atoms with Crippen LogP contribution in [0.3, 0.4) is 0 Å². The fourth-order valence-corrected chi connectivity index (χ4v) is 1.86. The summed E-state index contributed by atoms with van der Waals surface area (Å²) in [4.78, 5) is 16.0. The van der Waals surface area contributed by atoms with E-state index in [0.717, 1.165) is 0 Å². The minimum absolute atomic E-state index is 0.264. The largest absolute Gasteiger partial charge is 0.467 e. The van der Waals surface area contributed by atoms with Crippen molar-refractivity contribution in [3.8, 4) is 6.07 Å². The number of rotatable bonds is 4. The fraction of sp³-hybridized carbons (Fsp3) is 0.133. The third-order valence-electron chi connectivity index (χ3n) is 2.88. The molecular weight excluding hydrogens is 268 g/mol. The Morgan fingerprint density at radius 2 is 2.14 bits per heavy atom. The molecule has 0 bridgehead atoms. The quantitative estimate of drug-likeness (QED) is 0.830. The summed E-state index contributed by atoms with van der Waals surface area (Å²) in [5.41, 5.74) is 6.96. The molecular formula is C15H14N4O2. The molecule has 0 saturated carbocycles. The molecule has 0 saturated heterocycles. The van der Waals surface area contributed by atoms with Crippen LogP contribution in [0.15, 0.2) is 42.6 Å². The molecule has 0 amide bonds. The van der Waals surface area contributed by atoms with E-state index in [1.807, 2.05) is 24.3 Å². The highest BCUT2D eigenvalue weighted by molar-refractivity contribution is 5.81. The number of carbonyl (C=O) groups excluding carboxylic acids is 1. The molecule has 2 rings (SSSR count). The van der Waals surface area contributed by atoms with E-state index < -0.39 is 12.0 Å². The van der Waals surface area contributed by atoms with E-state index in [2.05, 4.69) is 10.3 Å². The van der Waals surface area contributed by atoms with Crippen molar-refractivity contribution in [2.45, 2.75) is 6.04 Å². The number of hydrogen-bond acceptors (Lipinski definition) is 6. The van der Waals surface area contributed by atoms with E-state index in [4.69, 9.17) is 15.7 Å². The van der Waals surface area contributed by atoms with Crippen molar-refractivity contribution in [1.29, 1.82) is 5.26 Å². The summed E-state index contributed by atoms with van der Waals surface area (Å²) in [5.74, 6) is -0.185. The third-order valence-corrected chi connectivity index (χ3v) is 2.88. The SMILES string of the molecule is COC(=O)C(Nc1ncc(N)cc1C#N)c1ccccc1. The molecule has 3 N–H and O–H groups in total. The van der Waals surface area contributed by atoms with Crippen LogP contribution < -0.4 is 11.1 Å². The average Bonchev–Trinajstić information content (AvgIpc) is 2.53. The number of esters is 1. The van der Waals surface area contributed by atoms with E-state index in [1.165, 1.54) is 19.4 Å². The van der Waals surface area contributed by atoms with Crippen molar-refractivity contribution in [3.63, 3.8) is 0 Å². The van der Waals surface area contributed by atoms with E-state index in [9.17, 15) is 4.79 Å². The van der Waals surface area contributed by atoms with Gasteiger partial charge in [-0.1, -0.05) is 30.3 Å².